The summed E-state index contributed by atoms with van der Waals surface area (Å²) in [5.41, 5.74) is 7.33. The van der Waals surface area contributed by atoms with Gasteiger partial charge in [0, 0.05) is 6.04 Å². The van der Waals surface area contributed by atoms with Crippen LogP contribution in [0.2, 0.25) is 0 Å². The summed E-state index contributed by atoms with van der Waals surface area (Å²) in [5.74, 6) is 0.922. The maximum atomic E-state index is 6.15. The zero-order valence-electron chi connectivity index (χ0n) is 10.8. The van der Waals surface area contributed by atoms with Crippen LogP contribution in [0.3, 0.4) is 0 Å². The molecule has 1 aromatic rings. The lowest BCUT2D eigenvalue weighted by Crippen LogP contribution is -2.10. The monoisotopic (exact) mass is 257 g/mol. The Kier molecular flexibility index (Phi) is 8.92. The molecule has 0 aliphatic heterocycles. The highest BCUT2D eigenvalue weighted by molar-refractivity contribution is 5.85. The van der Waals surface area contributed by atoms with E-state index in [1.807, 2.05) is 19.1 Å². The molecule has 0 saturated heterocycles. The Hall–Kier alpha value is -0.730. The molecule has 0 aromatic heterocycles. The van der Waals surface area contributed by atoms with Crippen LogP contribution in [0.5, 0.6) is 5.75 Å². The van der Waals surface area contributed by atoms with E-state index in [9.17, 15) is 0 Å². The molecule has 0 amide bonds. The van der Waals surface area contributed by atoms with Gasteiger partial charge in [0.15, 0.2) is 0 Å². The highest BCUT2D eigenvalue weighted by atomic mass is 35.5. The van der Waals surface area contributed by atoms with E-state index in [0.29, 0.717) is 6.61 Å². The molecular formula is C14H24ClNO. The molecule has 0 fully saturated rings. The van der Waals surface area contributed by atoms with Crippen molar-refractivity contribution in [3.8, 4) is 5.75 Å². The lowest BCUT2D eigenvalue weighted by molar-refractivity contribution is 0.339. The predicted molar refractivity (Wildman–Crippen MR) is 75.9 cm³/mol. The van der Waals surface area contributed by atoms with Gasteiger partial charge >= 0.3 is 0 Å². The summed E-state index contributed by atoms with van der Waals surface area (Å²) >= 11 is 0. The van der Waals surface area contributed by atoms with Gasteiger partial charge in [-0.3, -0.25) is 0 Å². The Labute approximate surface area is 111 Å². The first-order chi connectivity index (χ1) is 7.77. The third kappa shape index (κ3) is 5.94. The van der Waals surface area contributed by atoms with Gasteiger partial charge in [-0.25, -0.2) is 0 Å². The molecular weight excluding hydrogens is 234 g/mol. The minimum atomic E-state index is 0. The fraction of sp³-hybridized carbons (Fsp3) is 0.571. The molecule has 1 rings (SSSR count). The topological polar surface area (TPSA) is 35.2 Å². The molecule has 0 aliphatic rings. The average Bonchev–Trinajstić information content (AvgIpc) is 2.30. The largest absolute Gasteiger partial charge is 0.494 e. The molecule has 1 atom stereocenters. The van der Waals surface area contributed by atoms with E-state index in [-0.39, 0.29) is 18.4 Å². The number of unbranched alkanes of at least 4 members (excludes halogenated alkanes) is 2. The van der Waals surface area contributed by atoms with Gasteiger partial charge in [0.05, 0.1) is 6.61 Å². The van der Waals surface area contributed by atoms with Crippen molar-refractivity contribution >= 4 is 12.4 Å². The fourth-order valence-electron chi connectivity index (χ4n) is 1.78. The molecule has 0 bridgehead atoms. The van der Waals surface area contributed by atoms with Crippen LogP contribution in [0, 0.1) is 0 Å². The van der Waals surface area contributed by atoms with E-state index in [1.165, 1.54) is 24.8 Å². The maximum absolute atomic E-state index is 6.15. The zero-order chi connectivity index (χ0) is 11.8. The molecule has 2 N–H and O–H groups in total. The predicted octanol–water partition coefficient (Wildman–Crippen LogP) is 4.09. The summed E-state index contributed by atoms with van der Waals surface area (Å²) < 4.78 is 5.47. The summed E-state index contributed by atoms with van der Waals surface area (Å²) in [7, 11) is 0. The van der Waals surface area contributed by atoms with Gasteiger partial charge in [0.25, 0.3) is 0 Å². The number of ether oxygens (including phenoxy) is 1. The summed E-state index contributed by atoms with van der Waals surface area (Å²) in [6, 6.07) is 8.28. The minimum Gasteiger partial charge on any atom is -0.494 e. The van der Waals surface area contributed by atoms with Crippen LogP contribution in [0.15, 0.2) is 24.3 Å². The zero-order valence-corrected chi connectivity index (χ0v) is 11.6. The highest BCUT2D eigenvalue weighted by Gasteiger charge is 2.06. The molecule has 0 radical (unpaired) electrons. The second kappa shape index (κ2) is 9.32. The smallest absolute Gasteiger partial charge is 0.119 e. The first-order valence-corrected chi connectivity index (χ1v) is 6.26. The fourth-order valence-corrected chi connectivity index (χ4v) is 1.78. The third-order valence-electron chi connectivity index (χ3n) is 2.72. The van der Waals surface area contributed by atoms with Crippen LogP contribution in [0.1, 0.15) is 51.1 Å². The minimum absolute atomic E-state index is 0. The van der Waals surface area contributed by atoms with Crippen molar-refractivity contribution in [1.29, 1.82) is 0 Å². The average molecular weight is 258 g/mol. The summed E-state index contributed by atoms with van der Waals surface area (Å²) in [4.78, 5) is 0. The van der Waals surface area contributed by atoms with Crippen molar-refractivity contribution in [2.45, 2.75) is 45.6 Å². The molecule has 0 spiro atoms. The summed E-state index contributed by atoms with van der Waals surface area (Å²) in [5, 5.41) is 0. The van der Waals surface area contributed by atoms with Crippen molar-refractivity contribution in [2.75, 3.05) is 6.61 Å². The molecule has 0 unspecified atom stereocenters. The van der Waals surface area contributed by atoms with Crippen molar-refractivity contribution in [3.63, 3.8) is 0 Å². The standard InChI is InChI=1S/C14H23NO.ClH/c1-3-5-6-10-14(15)12-8-7-9-13(11-12)16-4-2;/h7-9,11,14H,3-6,10,15H2,1-2H3;1H/t14-;/m0./s1. The number of rotatable bonds is 7. The number of benzene rings is 1. The van der Waals surface area contributed by atoms with Crippen molar-refractivity contribution < 1.29 is 4.74 Å². The van der Waals surface area contributed by atoms with E-state index in [0.717, 1.165) is 12.2 Å². The van der Waals surface area contributed by atoms with Crippen LogP contribution >= 0.6 is 12.4 Å². The number of hydrogen-bond acceptors (Lipinski definition) is 2. The second-order valence-corrected chi connectivity index (χ2v) is 4.11. The third-order valence-corrected chi connectivity index (χ3v) is 2.72. The molecule has 2 nitrogen and oxygen atoms in total. The highest BCUT2D eigenvalue weighted by Crippen LogP contribution is 2.21. The summed E-state index contributed by atoms with van der Waals surface area (Å²) in [6.07, 6.45) is 4.77. The van der Waals surface area contributed by atoms with E-state index < -0.39 is 0 Å². The Balaban J connectivity index is 0.00000256. The Morgan fingerprint density at radius 1 is 1.24 bits per heavy atom. The van der Waals surface area contributed by atoms with Crippen LogP contribution in [0.4, 0.5) is 0 Å². The molecule has 98 valence electrons. The van der Waals surface area contributed by atoms with Gasteiger partial charge in [-0.05, 0) is 31.0 Å². The number of nitrogens with two attached hydrogens (primary N) is 1. The summed E-state index contributed by atoms with van der Waals surface area (Å²) in [6.45, 7) is 4.91. The van der Waals surface area contributed by atoms with Crippen LogP contribution in [-0.4, -0.2) is 6.61 Å². The van der Waals surface area contributed by atoms with Gasteiger partial charge in [-0.2, -0.15) is 0 Å². The molecule has 0 heterocycles. The van der Waals surface area contributed by atoms with Crippen LogP contribution in [0.25, 0.3) is 0 Å². The van der Waals surface area contributed by atoms with Gasteiger partial charge < -0.3 is 10.5 Å². The quantitative estimate of drug-likeness (QED) is 0.747. The Morgan fingerprint density at radius 3 is 2.65 bits per heavy atom. The number of halogens is 1. The van der Waals surface area contributed by atoms with Gasteiger partial charge in [0.2, 0.25) is 0 Å². The lowest BCUT2D eigenvalue weighted by Gasteiger charge is -2.13. The SMILES string of the molecule is CCCCC[C@H](N)c1cccc(OCC)c1.Cl. The van der Waals surface area contributed by atoms with E-state index in [1.54, 1.807) is 0 Å². The van der Waals surface area contributed by atoms with Crippen LogP contribution in [-0.2, 0) is 0 Å². The normalized spacial score (nSPS) is 11.7. The molecule has 0 saturated carbocycles. The van der Waals surface area contributed by atoms with Crippen LogP contribution < -0.4 is 10.5 Å². The number of hydrogen-bond donors (Lipinski definition) is 1. The molecule has 1 aromatic carbocycles. The maximum Gasteiger partial charge on any atom is 0.119 e. The van der Waals surface area contributed by atoms with E-state index >= 15 is 0 Å². The van der Waals surface area contributed by atoms with Crippen molar-refractivity contribution in [1.82, 2.24) is 0 Å². The second-order valence-electron chi connectivity index (χ2n) is 4.11. The van der Waals surface area contributed by atoms with E-state index in [2.05, 4.69) is 19.1 Å². The first-order valence-electron chi connectivity index (χ1n) is 6.26. The Morgan fingerprint density at radius 2 is 2.00 bits per heavy atom. The first kappa shape index (κ1) is 16.3. The van der Waals surface area contributed by atoms with Gasteiger partial charge in [-0.1, -0.05) is 38.3 Å². The van der Waals surface area contributed by atoms with Gasteiger partial charge in [-0.15, -0.1) is 12.4 Å². The molecule has 3 heteroatoms. The molecule has 0 aliphatic carbocycles. The lowest BCUT2D eigenvalue weighted by atomic mass is 10.0. The molecule has 17 heavy (non-hydrogen) atoms. The van der Waals surface area contributed by atoms with Gasteiger partial charge in [0.1, 0.15) is 5.75 Å². The van der Waals surface area contributed by atoms with E-state index in [4.69, 9.17) is 10.5 Å². The Bertz CT molecular complexity index is 304. The van der Waals surface area contributed by atoms with Crippen molar-refractivity contribution in [2.24, 2.45) is 5.73 Å². The van der Waals surface area contributed by atoms with Crippen molar-refractivity contribution in [3.05, 3.63) is 29.8 Å².